The van der Waals surface area contributed by atoms with Gasteiger partial charge in [-0.15, -0.1) is 13.2 Å². The number of alkyl halides is 3. The van der Waals surface area contributed by atoms with E-state index in [4.69, 9.17) is 0 Å². The van der Waals surface area contributed by atoms with Crippen molar-refractivity contribution in [1.82, 2.24) is 0 Å². The van der Waals surface area contributed by atoms with Crippen molar-refractivity contribution in [2.75, 3.05) is 6.61 Å². The van der Waals surface area contributed by atoms with Gasteiger partial charge >= 0.3 is 6.36 Å². The Morgan fingerprint density at radius 3 is 2.60 bits per heavy atom. The smallest absolute Gasteiger partial charge is 0.386 e. The zero-order chi connectivity index (χ0) is 11.5. The second-order valence-electron chi connectivity index (χ2n) is 2.83. The first kappa shape index (κ1) is 12.5. The van der Waals surface area contributed by atoms with Gasteiger partial charge in [0.05, 0.1) is 6.61 Å². The highest BCUT2D eigenvalue weighted by Gasteiger charge is 2.30. The fraction of sp³-hybridized carbons (Fsp3) is 0.333. The second kappa shape index (κ2) is 4.96. The van der Waals surface area contributed by atoms with E-state index in [1.54, 1.807) is 12.1 Å². The number of hydrogen-bond acceptors (Lipinski definition) is 2. The van der Waals surface area contributed by atoms with Crippen molar-refractivity contribution >= 4 is 15.9 Å². The second-order valence-corrected chi connectivity index (χ2v) is 3.74. The van der Waals surface area contributed by atoms with E-state index in [1.165, 1.54) is 12.1 Å². The molecule has 0 amide bonds. The number of hydrogen-bond donors (Lipinski definition) is 1. The maximum Gasteiger partial charge on any atom is 0.522 e. The van der Waals surface area contributed by atoms with Gasteiger partial charge < -0.3 is 5.11 Å². The maximum atomic E-state index is 11.7. The van der Waals surface area contributed by atoms with Gasteiger partial charge in [-0.05, 0) is 17.7 Å². The number of aliphatic hydroxyl groups is 1. The summed E-state index contributed by atoms with van der Waals surface area (Å²) in [5.74, 6) is 0. The molecule has 0 aliphatic carbocycles. The summed E-state index contributed by atoms with van der Waals surface area (Å²) in [5.41, 5.74) is 0.369. The molecule has 0 aliphatic rings. The summed E-state index contributed by atoms with van der Waals surface area (Å²) in [5, 5.41) is 9.36. The summed E-state index contributed by atoms with van der Waals surface area (Å²) in [6, 6.07) is 6.39. The molecule has 0 radical (unpaired) electrons. The maximum absolute atomic E-state index is 11.7. The van der Waals surface area contributed by atoms with Crippen LogP contribution >= 0.6 is 15.9 Å². The Hall–Kier alpha value is -0.590. The molecule has 0 saturated carbocycles. The van der Waals surface area contributed by atoms with Gasteiger partial charge in [0.2, 0.25) is 0 Å². The molecule has 15 heavy (non-hydrogen) atoms. The molecule has 1 aromatic rings. The molecule has 0 spiro atoms. The molecule has 0 bridgehead atoms. The lowest BCUT2D eigenvalue weighted by Gasteiger charge is -2.13. The van der Waals surface area contributed by atoms with Gasteiger partial charge in [0.1, 0.15) is 6.10 Å². The van der Waals surface area contributed by atoms with Crippen LogP contribution in [0.2, 0.25) is 0 Å². The third-order valence-electron chi connectivity index (χ3n) is 1.64. The van der Waals surface area contributed by atoms with Crippen LogP contribution in [0.5, 0.6) is 0 Å². The van der Waals surface area contributed by atoms with Crippen LogP contribution in [0, 0.1) is 0 Å². The van der Waals surface area contributed by atoms with Gasteiger partial charge in [-0.3, -0.25) is 4.74 Å². The van der Waals surface area contributed by atoms with Crippen LogP contribution in [0.4, 0.5) is 13.2 Å². The highest BCUT2D eigenvalue weighted by molar-refractivity contribution is 9.10. The molecule has 0 aromatic heterocycles. The lowest BCUT2D eigenvalue weighted by atomic mass is 10.1. The Kier molecular flexibility index (Phi) is 4.12. The summed E-state index contributed by atoms with van der Waals surface area (Å²) < 4.78 is 39.2. The molecule has 84 valence electrons. The van der Waals surface area contributed by atoms with Crippen LogP contribution in [0.15, 0.2) is 28.7 Å². The standard InChI is InChI=1S/C9H8BrF3O2/c10-7-3-1-2-6(4-7)8(14)5-15-9(11,12)13/h1-4,8,14H,5H2. The van der Waals surface area contributed by atoms with E-state index < -0.39 is 19.1 Å². The minimum atomic E-state index is -4.72. The van der Waals surface area contributed by atoms with E-state index in [1.807, 2.05) is 0 Å². The van der Waals surface area contributed by atoms with Crippen LogP contribution < -0.4 is 0 Å². The minimum Gasteiger partial charge on any atom is -0.386 e. The number of benzene rings is 1. The zero-order valence-electron chi connectivity index (χ0n) is 7.46. The van der Waals surface area contributed by atoms with Crippen LogP contribution in [-0.2, 0) is 4.74 Å². The molecule has 0 aliphatic heterocycles. The molecule has 0 fully saturated rings. The van der Waals surface area contributed by atoms with Gasteiger partial charge in [-0.1, -0.05) is 28.1 Å². The van der Waals surface area contributed by atoms with Gasteiger partial charge in [0.15, 0.2) is 0 Å². The minimum absolute atomic E-state index is 0.369. The SMILES string of the molecule is OC(COC(F)(F)F)c1cccc(Br)c1. The molecule has 1 aromatic carbocycles. The molecule has 6 heteroatoms. The van der Waals surface area contributed by atoms with Gasteiger partial charge in [-0.25, -0.2) is 0 Å². The lowest BCUT2D eigenvalue weighted by molar-refractivity contribution is -0.331. The highest BCUT2D eigenvalue weighted by atomic mass is 79.9. The lowest BCUT2D eigenvalue weighted by Crippen LogP contribution is -2.18. The molecular weight excluding hydrogens is 277 g/mol. The summed E-state index contributed by atoms with van der Waals surface area (Å²) in [4.78, 5) is 0. The molecular formula is C9H8BrF3O2. The third-order valence-corrected chi connectivity index (χ3v) is 2.13. The molecule has 1 unspecified atom stereocenters. The van der Waals surface area contributed by atoms with Crippen molar-refractivity contribution < 1.29 is 23.0 Å². The van der Waals surface area contributed by atoms with E-state index in [9.17, 15) is 18.3 Å². The summed E-state index contributed by atoms with van der Waals surface area (Å²) in [6.45, 7) is -0.806. The Morgan fingerprint density at radius 1 is 1.40 bits per heavy atom. The summed E-state index contributed by atoms with van der Waals surface area (Å²) in [6.07, 6.45) is -6.00. The van der Waals surface area contributed by atoms with Gasteiger partial charge in [0.25, 0.3) is 0 Å². The fourth-order valence-corrected chi connectivity index (χ4v) is 1.40. The first-order valence-corrected chi connectivity index (χ1v) is 4.82. The molecule has 1 rings (SSSR count). The molecule has 0 saturated heterocycles. The molecule has 0 heterocycles. The van der Waals surface area contributed by atoms with Crippen molar-refractivity contribution in [2.45, 2.75) is 12.5 Å². The van der Waals surface area contributed by atoms with E-state index in [0.29, 0.717) is 10.0 Å². The average Bonchev–Trinajstić information content (AvgIpc) is 2.13. The Labute approximate surface area is 92.8 Å². The van der Waals surface area contributed by atoms with Crippen LogP contribution in [0.3, 0.4) is 0 Å². The van der Waals surface area contributed by atoms with Crippen molar-refractivity contribution in [3.05, 3.63) is 34.3 Å². The number of halogens is 4. The fourth-order valence-electron chi connectivity index (χ4n) is 0.984. The van der Waals surface area contributed by atoms with Crippen molar-refractivity contribution in [1.29, 1.82) is 0 Å². The number of aliphatic hydroxyl groups excluding tert-OH is 1. The molecule has 1 atom stereocenters. The van der Waals surface area contributed by atoms with E-state index in [-0.39, 0.29) is 0 Å². The first-order valence-electron chi connectivity index (χ1n) is 4.03. The van der Waals surface area contributed by atoms with Crippen molar-refractivity contribution in [3.63, 3.8) is 0 Å². The molecule has 2 nitrogen and oxygen atoms in total. The zero-order valence-corrected chi connectivity index (χ0v) is 9.05. The number of ether oxygens (including phenoxy) is 1. The normalized spacial score (nSPS) is 13.9. The predicted molar refractivity (Wildman–Crippen MR) is 51.1 cm³/mol. The predicted octanol–water partition coefficient (Wildman–Crippen LogP) is 3.02. The van der Waals surface area contributed by atoms with E-state index in [2.05, 4.69) is 20.7 Å². The monoisotopic (exact) mass is 284 g/mol. The topological polar surface area (TPSA) is 29.5 Å². The largest absolute Gasteiger partial charge is 0.522 e. The average molecular weight is 285 g/mol. The highest BCUT2D eigenvalue weighted by Crippen LogP contribution is 2.22. The summed E-state index contributed by atoms with van der Waals surface area (Å²) >= 11 is 3.15. The van der Waals surface area contributed by atoms with Crippen molar-refractivity contribution in [2.24, 2.45) is 0 Å². The van der Waals surface area contributed by atoms with Crippen LogP contribution in [0.1, 0.15) is 11.7 Å². The van der Waals surface area contributed by atoms with Gasteiger partial charge in [-0.2, -0.15) is 0 Å². The van der Waals surface area contributed by atoms with Crippen LogP contribution in [-0.4, -0.2) is 18.1 Å². The Balaban J connectivity index is 2.58. The first-order chi connectivity index (χ1) is 6.88. The van der Waals surface area contributed by atoms with E-state index >= 15 is 0 Å². The quantitative estimate of drug-likeness (QED) is 0.925. The van der Waals surface area contributed by atoms with E-state index in [0.717, 1.165) is 0 Å². The third kappa shape index (κ3) is 4.63. The van der Waals surface area contributed by atoms with Crippen molar-refractivity contribution in [3.8, 4) is 0 Å². The number of rotatable bonds is 3. The van der Waals surface area contributed by atoms with Crippen LogP contribution in [0.25, 0.3) is 0 Å². The Bertz CT molecular complexity index is 327. The van der Waals surface area contributed by atoms with Gasteiger partial charge in [0, 0.05) is 4.47 Å². The molecule has 1 N–H and O–H groups in total. The Morgan fingerprint density at radius 2 is 2.07 bits per heavy atom. The summed E-state index contributed by atoms with van der Waals surface area (Å²) in [7, 11) is 0.